The number of methoxy groups -OCH3 is 1. The average molecular weight is 241 g/mol. The third kappa shape index (κ3) is 3.09. The van der Waals surface area contributed by atoms with Gasteiger partial charge in [0.25, 0.3) is 0 Å². The summed E-state index contributed by atoms with van der Waals surface area (Å²) in [5, 5.41) is 6.60. The first-order chi connectivity index (χ1) is 8.05. The van der Waals surface area contributed by atoms with Crippen LogP contribution in [0.15, 0.2) is 5.11 Å². The Balaban J connectivity index is 2.67. The summed E-state index contributed by atoms with van der Waals surface area (Å²) in [4.78, 5) is 16.7. The second kappa shape index (κ2) is 5.86. The fourth-order valence-corrected chi connectivity index (χ4v) is 2.24. The highest BCUT2D eigenvalue weighted by atomic mass is 16.5. The number of ether oxygens (including phenoxy) is 1. The molecule has 1 aliphatic rings. The van der Waals surface area contributed by atoms with Crippen molar-refractivity contribution in [3.63, 3.8) is 0 Å². The maximum absolute atomic E-state index is 11.9. The minimum atomic E-state index is -0.673. The fraction of sp³-hybridized carbons (Fsp3) is 0.900. The maximum Gasteiger partial charge on any atom is 0.327 e. The number of nitrogens with zero attached hydrogens (tertiary/aromatic N) is 4. The quantitative estimate of drug-likeness (QED) is 0.250. The first-order valence-electron chi connectivity index (χ1n) is 5.60. The van der Waals surface area contributed by atoms with E-state index in [0.717, 1.165) is 0 Å². The number of hydrogen-bond acceptors (Lipinski definition) is 5. The molecule has 0 aromatic carbocycles. The molecular weight excluding hydrogens is 222 g/mol. The van der Waals surface area contributed by atoms with Crippen LogP contribution in [0.3, 0.4) is 0 Å². The van der Waals surface area contributed by atoms with Gasteiger partial charge in [-0.15, -0.1) is 0 Å². The highest BCUT2D eigenvalue weighted by molar-refractivity contribution is 5.81. The van der Waals surface area contributed by atoms with E-state index in [1.807, 2.05) is 7.05 Å². The van der Waals surface area contributed by atoms with Crippen molar-refractivity contribution in [2.24, 2.45) is 5.11 Å². The second-order valence-electron chi connectivity index (χ2n) is 4.42. The highest BCUT2D eigenvalue weighted by Gasteiger charge is 2.47. The Labute approximate surface area is 101 Å². The molecule has 0 spiro atoms. The number of carbonyl (C=O) groups excluding carboxylic acids is 1. The van der Waals surface area contributed by atoms with Crippen molar-refractivity contribution in [3.8, 4) is 0 Å². The van der Waals surface area contributed by atoms with Gasteiger partial charge >= 0.3 is 5.97 Å². The number of hydrogen-bond donors (Lipinski definition) is 1. The Morgan fingerprint density at radius 3 is 2.94 bits per heavy atom. The summed E-state index contributed by atoms with van der Waals surface area (Å²) in [5.41, 5.74) is 7.52. The van der Waals surface area contributed by atoms with Gasteiger partial charge in [-0.25, -0.2) is 0 Å². The average Bonchev–Trinajstić information content (AvgIpc) is 2.61. The normalized spacial score (nSPS) is 28.8. The number of likely N-dealkylation sites (tertiary alicyclic amines) is 1. The molecule has 1 rings (SSSR count). The molecule has 0 saturated carbocycles. The first kappa shape index (κ1) is 13.8. The fourth-order valence-electron chi connectivity index (χ4n) is 2.24. The smallest absolute Gasteiger partial charge is 0.327 e. The number of azide groups is 1. The molecule has 0 aliphatic carbocycles. The lowest BCUT2D eigenvalue weighted by Gasteiger charge is -2.27. The van der Waals surface area contributed by atoms with Gasteiger partial charge in [-0.1, -0.05) is 5.11 Å². The summed E-state index contributed by atoms with van der Waals surface area (Å²) in [5.74, 6) is -0.255. The molecule has 1 heterocycles. The number of rotatable bonds is 5. The standard InChI is InChI=1S/C10H19N5O2/c1-8-6-10(7-15(8)2,9(16)17-3)12-4-5-13-14-11/h8,12H,4-7H2,1-3H3. The molecule has 0 aromatic heterocycles. The molecule has 0 bridgehead atoms. The van der Waals surface area contributed by atoms with Crippen LogP contribution < -0.4 is 5.32 Å². The zero-order valence-electron chi connectivity index (χ0n) is 10.5. The molecular formula is C10H19N5O2. The second-order valence-corrected chi connectivity index (χ2v) is 4.42. The van der Waals surface area contributed by atoms with Crippen molar-refractivity contribution < 1.29 is 9.53 Å². The lowest BCUT2D eigenvalue weighted by molar-refractivity contribution is -0.148. The molecule has 2 unspecified atom stereocenters. The van der Waals surface area contributed by atoms with Crippen LogP contribution in [0.5, 0.6) is 0 Å². The summed E-state index contributed by atoms with van der Waals surface area (Å²) < 4.78 is 4.86. The van der Waals surface area contributed by atoms with Gasteiger partial charge in [0.1, 0.15) is 5.54 Å². The zero-order valence-corrected chi connectivity index (χ0v) is 10.5. The molecule has 1 saturated heterocycles. The van der Waals surface area contributed by atoms with Gasteiger partial charge in [-0.2, -0.15) is 0 Å². The topological polar surface area (TPSA) is 90.3 Å². The third-order valence-corrected chi connectivity index (χ3v) is 3.23. The van der Waals surface area contributed by atoms with Crippen LogP contribution in [-0.4, -0.2) is 56.2 Å². The molecule has 2 atom stereocenters. The van der Waals surface area contributed by atoms with E-state index in [2.05, 4.69) is 27.2 Å². The number of nitrogens with one attached hydrogen (secondary N) is 1. The van der Waals surface area contributed by atoms with Crippen molar-refractivity contribution in [1.82, 2.24) is 10.2 Å². The molecule has 7 nitrogen and oxygen atoms in total. The van der Waals surface area contributed by atoms with E-state index in [0.29, 0.717) is 32.1 Å². The summed E-state index contributed by atoms with van der Waals surface area (Å²) in [6.07, 6.45) is 0.701. The Hall–Kier alpha value is -1.30. The molecule has 7 heteroatoms. The van der Waals surface area contributed by atoms with Crippen molar-refractivity contribution in [2.75, 3.05) is 33.8 Å². The maximum atomic E-state index is 11.9. The van der Waals surface area contributed by atoms with Crippen LogP contribution in [0.4, 0.5) is 0 Å². The summed E-state index contributed by atoms with van der Waals surface area (Å²) >= 11 is 0. The molecule has 0 aromatic rings. The van der Waals surface area contributed by atoms with Crippen molar-refractivity contribution in [2.45, 2.75) is 24.9 Å². The minimum Gasteiger partial charge on any atom is -0.468 e. The van der Waals surface area contributed by atoms with E-state index in [1.54, 1.807) is 0 Å². The zero-order chi connectivity index (χ0) is 12.9. The lowest BCUT2D eigenvalue weighted by Crippen LogP contribution is -2.55. The monoisotopic (exact) mass is 241 g/mol. The van der Waals surface area contributed by atoms with E-state index in [-0.39, 0.29) is 5.97 Å². The van der Waals surface area contributed by atoms with Gasteiger partial charge in [0.05, 0.1) is 7.11 Å². The van der Waals surface area contributed by atoms with Crippen LogP contribution in [0.25, 0.3) is 10.4 Å². The third-order valence-electron chi connectivity index (χ3n) is 3.23. The Morgan fingerprint density at radius 2 is 2.47 bits per heavy atom. The van der Waals surface area contributed by atoms with Crippen LogP contribution in [-0.2, 0) is 9.53 Å². The molecule has 17 heavy (non-hydrogen) atoms. The number of likely N-dealkylation sites (N-methyl/N-ethyl adjacent to an activating group) is 1. The molecule has 0 amide bonds. The van der Waals surface area contributed by atoms with Crippen LogP contribution in [0, 0.1) is 0 Å². The van der Waals surface area contributed by atoms with Gasteiger partial charge in [0.2, 0.25) is 0 Å². The van der Waals surface area contributed by atoms with Crippen LogP contribution in [0.1, 0.15) is 13.3 Å². The van der Waals surface area contributed by atoms with Crippen molar-refractivity contribution in [3.05, 3.63) is 10.4 Å². The predicted octanol–water partition coefficient (Wildman–Crippen LogP) is 0.522. The first-order valence-corrected chi connectivity index (χ1v) is 5.60. The van der Waals surface area contributed by atoms with Gasteiger partial charge in [-0.3, -0.25) is 4.79 Å². The molecule has 1 N–H and O–H groups in total. The van der Waals surface area contributed by atoms with Gasteiger partial charge in [0.15, 0.2) is 0 Å². The largest absolute Gasteiger partial charge is 0.468 e. The Bertz CT molecular complexity index is 317. The Morgan fingerprint density at radius 1 is 1.76 bits per heavy atom. The van der Waals surface area contributed by atoms with E-state index >= 15 is 0 Å². The van der Waals surface area contributed by atoms with Crippen molar-refractivity contribution in [1.29, 1.82) is 0 Å². The van der Waals surface area contributed by atoms with E-state index in [4.69, 9.17) is 10.3 Å². The van der Waals surface area contributed by atoms with E-state index in [1.165, 1.54) is 7.11 Å². The van der Waals surface area contributed by atoms with Crippen LogP contribution in [0.2, 0.25) is 0 Å². The molecule has 0 radical (unpaired) electrons. The number of carbonyl (C=O) groups is 1. The summed E-state index contributed by atoms with van der Waals surface area (Å²) in [7, 11) is 3.37. The number of esters is 1. The molecule has 96 valence electrons. The van der Waals surface area contributed by atoms with E-state index < -0.39 is 5.54 Å². The van der Waals surface area contributed by atoms with Crippen LogP contribution >= 0.6 is 0 Å². The lowest BCUT2D eigenvalue weighted by atomic mass is 9.96. The van der Waals surface area contributed by atoms with Gasteiger partial charge in [0, 0.05) is 30.6 Å². The highest BCUT2D eigenvalue weighted by Crippen LogP contribution is 2.26. The Kier molecular flexibility index (Phi) is 4.74. The van der Waals surface area contributed by atoms with Crippen molar-refractivity contribution >= 4 is 5.97 Å². The van der Waals surface area contributed by atoms with Gasteiger partial charge in [-0.05, 0) is 25.9 Å². The summed E-state index contributed by atoms with van der Waals surface area (Å²) in [6.45, 7) is 3.48. The SMILES string of the molecule is COC(=O)C1(NCCN=[N+]=[N-])CC(C)N(C)C1. The molecule has 1 fully saturated rings. The van der Waals surface area contributed by atoms with E-state index in [9.17, 15) is 4.79 Å². The summed E-state index contributed by atoms with van der Waals surface area (Å²) in [6, 6.07) is 0.320. The van der Waals surface area contributed by atoms with Gasteiger partial charge < -0.3 is 15.0 Å². The minimum absolute atomic E-state index is 0.255. The molecule has 1 aliphatic heterocycles. The predicted molar refractivity (Wildman–Crippen MR) is 63.5 cm³/mol.